The second-order valence-electron chi connectivity index (χ2n) is 8.62. The van der Waals surface area contributed by atoms with Gasteiger partial charge in [0.1, 0.15) is 11.5 Å². The maximum atomic E-state index is 13.1. The maximum absolute atomic E-state index is 13.1. The van der Waals surface area contributed by atoms with Crippen LogP contribution in [0.25, 0.3) is 10.9 Å². The Morgan fingerprint density at radius 2 is 1.77 bits per heavy atom. The SMILES string of the molecule is O=C(c1ccc2ccccc2n1)N1CCCC(CN2CCN(c3ccccn3)CC2)C1. The Morgan fingerprint density at radius 1 is 0.935 bits per heavy atom. The smallest absolute Gasteiger partial charge is 0.272 e. The molecule has 31 heavy (non-hydrogen) atoms. The van der Waals surface area contributed by atoms with E-state index in [2.05, 4.69) is 25.8 Å². The van der Waals surface area contributed by atoms with Gasteiger partial charge in [-0.25, -0.2) is 9.97 Å². The molecule has 0 radical (unpaired) electrons. The van der Waals surface area contributed by atoms with E-state index in [-0.39, 0.29) is 5.91 Å². The van der Waals surface area contributed by atoms with Gasteiger partial charge < -0.3 is 9.80 Å². The molecule has 2 fully saturated rings. The number of piperazine rings is 1. The Morgan fingerprint density at radius 3 is 2.61 bits per heavy atom. The van der Waals surface area contributed by atoms with Crippen molar-refractivity contribution in [3.8, 4) is 0 Å². The lowest BCUT2D eigenvalue weighted by atomic mass is 9.96. The van der Waals surface area contributed by atoms with Gasteiger partial charge in [-0.2, -0.15) is 0 Å². The molecule has 5 rings (SSSR count). The largest absolute Gasteiger partial charge is 0.354 e. The molecular formula is C25H29N5O. The summed E-state index contributed by atoms with van der Waals surface area (Å²) < 4.78 is 0. The summed E-state index contributed by atoms with van der Waals surface area (Å²) in [5, 5.41) is 1.07. The highest BCUT2D eigenvalue weighted by molar-refractivity contribution is 5.95. The van der Waals surface area contributed by atoms with Crippen LogP contribution < -0.4 is 4.90 Å². The van der Waals surface area contributed by atoms with E-state index in [4.69, 9.17) is 0 Å². The number of pyridine rings is 2. The fourth-order valence-electron chi connectivity index (χ4n) is 4.81. The minimum absolute atomic E-state index is 0.0652. The van der Waals surface area contributed by atoms with E-state index in [0.29, 0.717) is 11.6 Å². The number of anilines is 1. The van der Waals surface area contributed by atoms with Crippen LogP contribution in [0.4, 0.5) is 5.82 Å². The van der Waals surface area contributed by atoms with Gasteiger partial charge in [-0.05, 0) is 43.0 Å². The average Bonchev–Trinajstić information content (AvgIpc) is 2.84. The molecule has 2 aromatic heterocycles. The van der Waals surface area contributed by atoms with Gasteiger partial charge in [0, 0.05) is 57.4 Å². The zero-order valence-corrected chi connectivity index (χ0v) is 17.9. The minimum Gasteiger partial charge on any atom is -0.354 e. The number of piperidine rings is 1. The van der Waals surface area contributed by atoms with Crippen molar-refractivity contribution in [2.45, 2.75) is 12.8 Å². The van der Waals surface area contributed by atoms with Crippen LogP contribution in [0.5, 0.6) is 0 Å². The average molecular weight is 416 g/mol. The Hall–Kier alpha value is -2.99. The Bertz CT molecular complexity index is 1030. The van der Waals surface area contributed by atoms with Gasteiger partial charge in [-0.15, -0.1) is 0 Å². The molecule has 1 aromatic carbocycles. The fourth-order valence-corrected chi connectivity index (χ4v) is 4.81. The number of amides is 1. The van der Waals surface area contributed by atoms with Crippen molar-refractivity contribution in [2.24, 2.45) is 5.92 Å². The third-order valence-electron chi connectivity index (χ3n) is 6.49. The number of para-hydroxylation sites is 1. The molecule has 0 N–H and O–H groups in total. The lowest BCUT2D eigenvalue weighted by Crippen LogP contribution is -2.50. The predicted molar refractivity (Wildman–Crippen MR) is 123 cm³/mol. The molecule has 3 aromatic rings. The molecule has 0 aliphatic carbocycles. The first-order valence-corrected chi connectivity index (χ1v) is 11.3. The lowest BCUT2D eigenvalue weighted by molar-refractivity contribution is 0.0632. The standard InChI is InChI=1S/C25H29N5O/c31-25(23-11-10-21-7-1-2-8-22(21)27-23)30-13-5-6-20(19-30)18-28-14-16-29(17-15-28)24-9-3-4-12-26-24/h1-4,7-12,20H,5-6,13-19H2. The number of likely N-dealkylation sites (tertiary alicyclic amines) is 1. The monoisotopic (exact) mass is 415 g/mol. The summed E-state index contributed by atoms with van der Waals surface area (Å²) in [6.45, 7) is 6.83. The topological polar surface area (TPSA) is 52.6 Å². The van der Waals surface area contributed by atoms with E-state index < -0.39 is 0 Å². The summed E-state index contributed by atoms with van der Waals surface area (Å²) in [4.78, 5) is 29.1. The van der Waals surface area contributed by atoms with E-state index in [9.17, 15) is 4.79 Å². The minimum atomic E-state index is 0.0652. The van der Waals surface area contributed by atoms with Gasteiger partial charge in [0.15, 0.2) is 0 Å². The molecule has 0 saturated carbocycles. The molecule has 0 spiro atoms. The number of fused-ring (bicyclic) bond motifs is 1. The van der Waals surface area contributed by atoms with Crippen molar-refractivity contribution in [1.29, 1.82) is 0 Å². The van der Waals surface area contributed by atoms with Crippen molar-refractivity contribution in [2.75, 3.05) is 50.7 Å². The molecule has 6 nitrogen and oxygen atoms in total. The number of hydrogen-bond acceptors (Lipinski definition) is 5. The molecule has 0 bridgehead atoms. The van der Waals surface area contributed by atoms with E-state index in [1.807, 2.05) is 59.6 Å². The van der Waals surface area contributed by atoms with Crippen LogP contribution in [-0.2, 0) is 0 Å². The maximum Gasteiger partial charge on any atom is 0.272 e. The molecule has 4 heterocycles. The van der Waals surface area contributed by atoms with Crippen LogP contribution in [-0.4, -0.2) is 71.5 Å². The van der Waals surface area contributed by atoms with Gasteiger partial charge in [0.25, 0.3) is 5.91 Å². The van der Waals surface area contributed by atoms with Gasteiger partial charge >= 0.3 is 0 Å². The number of rotatable bonds is 4. The van der Waals surface area contributed by atoms with Crippen LogP contribution >= 0.6 is 0 Å². The predicted octanol–water partition coefficient (Wildman–Crippen LogP) is 3.30. The van der Waals surface area contributed by atoms with Crippen LogP contribution in [0.2, 0.25) is 0 Å². The van der Waals surface area contributed by atoms with Crippen LogP contribution in [0.1, 0.15) is 23.3 Å². The molecule has 2 saturated heterocycles. The van der Waals surface area contributed by atoms with Crippen LogP contribution in [0, 0.1) is 5.92 Å². The van der Waals surface area contributed by atoms with Crippen molar-refractivity contribution >= 4 is 22.6 Å². The van der Waals surface area contributed by atoms with E-state index >= 15 is 0 Å². The second-order valence-corrected chi connectivity index (χ2v) is 8.62. The highest BCUT2D eigenvalue weighted by Crippen LogP contribution is 2.22. The quantitative estimate of drug-likeness (QED) is 0.654. The first-order chi connectivity index (χ1) is 15.3. The highest BCUT2D eigenvalue weighted by atomic mass is 16.2. The molecule has 2 aliphatic rings. The van der Waals surface area contributed by atoms with Gasteiger partial charge in [0.2, 0.25) is 0 Å². The van der Waals surface area contributed by atoms with E-state index in [1.165, 1.54) is 6.42 Å². The highest BCUT2D eigenvalue weighted by Gasteiger charge is 2.28. The van der Waals surface area contributed by atoms with Crippen molar-refractivity contribution in [1.82, 2.24) is 19.8 Å². The molecule has 1 atom stereocenters. The third-order valence-corrected chi connectivity index (χ3v) is 6.49. The Balaban J connectivity index is 1.17. The molecule has 1 unspecified atom stereocenters. The molecule has 160 valence electrons. The summed E-state index contributed by atoms with van der Waals surface area (Å²) in [6.07, 6.45) is 4.12. The summed E-state index contributed by atoms with van der Waals surface area (Å²) in [5.74, 6) is 1.66. The molecule has 1 amide bonds. The summed E-state index contributed by atoms with van der Waals surface area (Å²) in [6, 6.07) is 17.9. The number of hydrogen-bond donors (Lipinski definition) is 0. The summed E-state index contributed by atoms with van der Waals surface area (Å²) in [7, 11) is 0. The Labute approximate surface area is 183 Å². The summed E-state index contributed by atoms with van der Waals surface area (Å²) in [5.41, 5.74) is 1.44. The number of carbonyl (C=O) groups excluding carboxylic acids is 1. The number of aromatic nitrogens is 2. The molecule has 2 aliphatic heterocycles. The van der Waals surface area contributed by atoms with Gasteiger partial charge in [0.05, 0.1) is 5.52 Å². The summed E-state index contributed by atoms with van der Waals surface area (Å²) >= 11 is 0. The van der Waals surface area contributed by atoms with Gasteiger partial charge in [-0.3, -0.25) is 9.69 Å². The number of benzene rings is 1. The first-order valence-electron chi connectivity index (χ1n) is 11.3. The van der Waals surface area contributed by atoms with Crippen LogP contribution in [0.3, 0.4) is 0 Å². The van der Waals surface area contributed by atoms with E-state index in [0.717, 1.165) is 69.0 Å². The molecular weight excluding hydrogens is 386 g/mol. The van der Waals surface area contributed by atoms with Crippen molar-refractivity contribution in [3.05, 3.63) is 66.5 Å². The van der Waals surface area contributed by atoms with Gasteiger partial charge in [-0.1, -0.05) is 30.3 Å². The lowest BCUT2D eigenvalue weighted by Gasteiger charge is -2.39. The van der Waals surface area contributed by atoms with Crippen molar-refractivity contribution in [3.63, 3.8) is 0 Å². The normalized spacial score (nSPS) is 20.2. The second kappa shape index (κ2) is 9.02. The first kappa shape index (κ1) is 19.9. The number of nitrogens with zero attached hydrogens (tertiary/aromatic N) is 5. The van der Waals surface area contributed by atoms with E-state index in [1.54, 1.807) is 0 Å². The molecule has 6 heteroatoms. The Kier molecular flexibility index (Phi) is 5.80. The third kappa shape index (κ3) is 4.54. The zero-order chi connectivity index (χ0) is 21.0. The van der Waals surface area contributed by atoms with Crippen LogP contribution in [0.15, 0.2) is 60.8 Å². The zero-order valence-electron chi connectivity index (χ0n) is 17.9. The number of carbonyl (C=O) groups is 1. The van der Waals surface area contributed by atoms with Crippen molar-refractivity contribution < 1.29 is 4.79 Å². The fraction of sp³-hybridized carbons (Fsp3) is 0.400.